The minimum Gasteiger partial charge on any atom is -0.282 e. The van der Waals surface area contributed by atoms with Gasteiger partial charge in [0.2, 0.25) is 11.8 Å². The highest BCUT2D eigenvalue weighted by Gasteiger charge is 2.39. The first-order valence-electron chi connectivity index (χ1n) is 7.91. The Kier molecular flexibility index (Phi) is 5.16. The lowest BCUT2D eigenvalue weighted by atomic mass is 9.75. The van der Waals surface area contributed by atoms with Gasteiger partial charge in [-0.15, -0.1) is 0 Å². The topological polar surface area (TPSA) is 37.4 Å². The zero-order valence-electron chi connectivity index (χ0n) is 13.1. The molecule has 1 aliphatic rings. The monoisotopic (exact) mass is 287 g/mol. The number of carbonyl (C=O) groups excluding carboxylic acids is 2. The van der Waals surface area contributed by atoms with Crippen LogP contribution in [0.2, 0.25) is 0 Å². The molecule has 1 aromatic carbocycles. The van der Waals surface area contributed by atoms with Gasteiger partial charge < -0.3 is 0 Å². The van der Waals surface area contributed by atoms with E-state index in [2.05, 4.69) is 13.8 Å². The average molecular weight is 287 g/mol. The molecule has 1 heterocycles. The van der Waals surface area contributed by atoms with Crippen LogP contribution in [0.1, 0.15) is 51.5 Å². The van der Waals surface area contributed by atoms with Crippen molar-refractivity contribution >= 4 is 11.8 Å². The van der Waals surface area contributed by atoms with Gasteiger partial charge >= 0.3 is 0 Å². The maximum atomic E-state index is 12.3. The number of rotatable bonds is 6. The van der Waals surface area contributed by atoms with E-state index in [1.807, 2.05) is 30.3 Å². The van der Waals surface area contributed by atoms with Gasteiger partial charge in [0.1, 0.15) is 0 Å². The van der Waals surface area contributed by atoms with Gasteiger partial charge in [0.05, 0.1) is 0 Å². The Morgan fingerprint density at radius 2 is 1.71 bits per heavy atom. The molecule has 0 radical (unpaired) electrons. The van der Waals surface area contributed by atoms with Crippen LogP contribution >= 0.6 is 0 Å². The highest BCUT2D eigenvalue weighted by atomic mass is 16.2. The third-order valence-electron chi connectivity index (χ3n) is 4.36. The molecule has 0 aromatic heterocycles. The number of amides is 2. The molecule has 1 aliphatic heterocycles. The summed E-state index contributed by atoms with van der Waals surface area (Å²) in [6, 6.07) is 10.0. The van der Waals surface area contributed by atoms with E-state index in [0.29, 0.717) is 19.4 Å². The minimum absolute atomic E-state index is 0.000726. The molecule has 1 aromatic rings. The molecule has 0 bridgehead atoms. The molecule has 21 heavy (non-hydrogen) atoms. The van der Waals surface area contributed by atoms with Gasteiger partial charge in [-0.1, -0.05) is 57.0 Å². The summed E-state index contributed by atoms with van der Waals surface area (Å²) in [7, 11) is 0. The van der Waals surface area contributed by atoms with Crippen LogP contribution in [0.4, 0.5) is 0 Å². The Hall–Kier alpha value is -1.64. The minimum atomic E-state index is -0.132. The van der Waals surface area contributed by atoms with Crippen molar-refractivity contribution in [3.05, 3.63) is 35.9 Å². The van der Waals surface area contributed by atoms with E-state index in [9.17, 15) is 9.59 Å². The Labute approximate surface area is 127 Å². The van der Waals surface area contributed by atoms with Gasteiger partial charge in [0, 0.05) is 19.4 Å². The molecule has 114 valence electrons. The van der Waals surface area contributed by atoms with Gasteiger partial charge in [-0.05, 0) is 23.8 Å². The largest absolute Gasteiger partial charge is 0.282 e. The van der Waals surface area contributed by atoms with Crippen LogP contribution in [0.5, 0.6) is 0 Å². The lowest BCUT2D eigenvalue weighted by molar-refractivity contribution is -0.153. The summed E-state index contributed by atoms with van der Waals surface area (Å²) in [6.07, 6.45) is 4.91. The van der Waals surface area contributed by atoms with Crippen LogP contribution in [0.25, 0.3) is 0 Å². The first-order valence-corrected chi connectivity index (χ1v) is 7.91. The van der Waals surface area contributed by atoms with Gasteiger partial charge in [0.25, 0.3) is 0 Å². The number of hydrogen-bond acceptors (Lipinski definition) is 2. The van der Waals surface area contributed by atoms with Crippen molar-refractivity contribution in [1.29, 1.82) is 0 Å². The summed E-state index contributed by atoms with van der Waals surface area (Å²) < 4.78 is 0. The predicted octanol–water partition coefficient (Wildman–Crippen LogP) is 3.57. The average Bonchev–Trinajstić information content (AvgIpc) is 2.45. The summed E-state index contributed by atoms with van der Waals surface area (Å²) in [5.74, 6) is 0.00145. The zero-order chi connectivity index (χ0) is 15.3. The molecular formula is C18H25NO2. The van der Waals surface area contributed by atoms with E-state index < -0.39 is 0 Å². The SMILES string of the molecule is CCCCC1(C)CC(=O)N(CCc2ccccc2)C(=O)C1. The smallest absolute Gasteiger partial charge is 0.229 e. The molecule has 1 saturated heterocycles. The molecule has 3 heteroatoms. The summed E-state index contributed by atoms with van der Waals surface area (Å²) in [5, 5.41) is 0. The Morgan fingerprint density at radius 1 is 1.10 bits per heavy atom. The molecule has 0 aliphatic carbocycles. The predicted molar refractivity (Wildman–Crippen MR) is 83.7 cm³/mol. The number of likely N-dealkylation sites (tertiary alicyclic amines) is 1. The van der Waals surface area contributed by atoms with E-state index in [0.717, 1.165) is 31.2 Å². The molecule has 0 unspecified atom stereocenters. The molecule has 0 spiro atoms. The number of unbranched alkanes of at least 4 members (excludes halogenated alkanes) is 1. The lowest BCUT2D eigenvalue weighted by Gasteiger charge is -2.37. The second-order valence-electron chi connectivity index (χ2n) is 6.44. The number of benzene rings is 1. The fourth-order valence-electron chi connectivity index (χ4n) is 3.04. The summed E-state index contributed by atoms with van der Waals surface area (Å²) >= 11 is 0. The van der Waals surface area contributed by atoms with E-state index in [1.54, 1.807) is 0 Å². The number of hydrogen-bond donors (Lipinski definition) is 0. The number of nitrogens with zero attached hydrogens (tertiary/aromatic N) is 1. The van der Waals surface area contributed by atoms with Gasteiger partial charge in [-0.2, -0.15) is 0 Å². The van der Waals surface area contributed by atoms with Crippen LogP contribution in [-0.4, -0.2) is 23.3 Å². The first kappa shape index (κ1) is 15.7. The first-order chi connectivity index (χ1) is 10.0. The Morgan fingerprint density at radius 3 is 2.29 bits per heavy atom. The molecule has 0 N–H and O–H groups in total. The number of piperidine rings is 1. The fourth-order valence-corrected chi connectivity index (χ4v) is 3.04. The third kappa shape index (κ3) is 4.16. The van der Waals surface area contributed by atoms with Gasteiger partial charge in [-0.25, -0.2) is 0 Å². The molecule has 1 fully saturated rings. The molecule has 3 nitrogen and oxygen atoms in total. The van der Waals surface area contributed by atoms with E-state index in [-0.39, 0.29) is 17.2 Å². The van der Waals surface area contributed by atoms with Crippen LogP contribution in [0.15, 0.2) is 30.3 Å². The van der Waals surface area contributed by atoms with Crippen LogP contribution in [0, 0.1) is 5.41 Å². The van der Waals surface area contributed by atoms with Crippen molar-refractivity contribution in [2.45, 2.75) is 52.4 Å². The fraction of sp³-hybridized carbons (Fsp3) is 0.556. The van der Waals surface area contributed by atoms with Crippen LogP contribution < -0.4 is 0 Å². The maximum absolute atomic E-state index is 12.3. The quantitative estimate of drug-likeness (QED) is 0.750. The summed E-state index contributed by atoms with van der Waals surface area (Å²) in [4.78, 5) is 26.1. The highest BCUT2D eigenvalue weighted by molar-refractivity contribution is 5.98. The van der Waals surface area contributed by atoms with E-state index >= 15 is 0 Å². The number of carbonyl (C=O) groups is 2. The second-order valence-corrected chi connectivity index (χ2v) is 6.44. The van der Waals surface area contributed by atoms with Crippen molar-refractivity contribution in [2.75, 3.05) is 6.54 Å². The van der Waals surface area contributed by atoms with Gasteiger partial charge in [0.15, 0.2) is 0 Å². The van der Waals surface area contributed by atoms with Crippen molar-refractivity contribution < 1.29 is 9.59 Å². The standard InChI is InChI=1S/C18H25NO2/c1-3-4-11-18(2)13-16(20)19(17(21)14-18)12-10-15-8-6-5-7-9-15/h5-9H,3-4,10-14H2,1-2H3. The molecule has 0 atom stereocenters. The Bertz CT molecular complexity index is 477. The molecular weight excluding hydrogens is 262 g/mol. The van der Waals surface area contributed by atoms with Gasteiger partial charge in [-0.3, -0.25) is 14.5 Å². The van der Waals surface area contributed by atoms with E-state index in [4.69, 9.17) is 0 Å². The lowest BCUT2D eigenvalue weighted by Crippen LogP contribution is -2.47. The highest BCUT2D eigenvalue weighted by Crippen LogP contribution is 2.37. The molecule has 2 amide bonds. The zero-order valence-corrected chi connectivity index (χ0v) is 13.1. The van der Waals surface area contributed by atoms with Crippen molar-refractivity contribution in [3.63, 3.8) is 0 Å². The summed E-state index contributed by atoms with van der Waals surface area (Å²) in [5.41, 5.74) is 1.03. The number of imide groups is 1. The summed E-state index contributed by atoms with van der Waals surface area (Å²) in [6.45, 7) is 4.72. The Balaban J connectivity index is 1.94. The van der Waals surface area contributed by atoms with Crippen LogP contribution in [-0.2, 0) is 16.0 Å². The van der Waals surface area contributed by atoms with Crippen molar-refractivity contribution in [1.82, 2.24) is 4.90 Å². The second kappa shape index (κ2) is 6.88. The van der Waals surface area contributed by atoms with Crippen molar-refractivity contribution in [2.24, 2.45) is 5.41 Å². The normalized spacial score (nSPS) is 18.1. The van der Waals surface area contributed by atoms with E-state index in [1.165, 1.54) is 4.90 Å². The van der Waals surface area contributed by atoms with Crippen LogP contribution in [0.3, 0.4) is 0 Å². The third-order valence-corrected chi connectivity index (χ3v) is 4.36. The molecule has 0 saturated carbocycles. The maximum Gasteiger partial charge on any atom is 0.229 e. The van der Waals surface area contributed by atoms with Crippen molar-refractivity contribution in [3.8, 4) is 0 Å². The molecule has 2 rings (SSSR count).